The van der Waals surface area contributed by atoms with Crippen LogP contribution in [0.4, 0.5) is 0 Å². The van der Waals surface area contributed by atoms with E-state index in [1.54, 1.807) is 0 Å². The Labute approximate surface area is 88.0 Å². The fraction of sp³-hybridized carbons (Fsp3) is 0.917. The lowest BCUT2D eigenvalue weighted by Gasteiger charge is -2.43. The van der Waals surface area contributed by atoms with Crippen LogP contribution in [-0.4, -0.2) is 11.9 Å². The summed E-state index contributed by atoms with van der Waals surface area (Å²) in [7, 11) is 0. The van der Waals surface area contributed by atoms with Crippen LogP contribution in [-0.2, 0) is 0 Å². The van der Waals surface area contributed by atoms with E-state index < -0.39 is 0 Å². The first-order valence-corrected chi connectivity index (χ1v) is 5.50. The zero-order valence-electron chi connectivity index (χ0n) is 10.2. The molecule has 0 heterocycles. The molecule has 0 aromatic heterocycles. The summed E-state index contributed by atoms with van der Waals surface area (Å²) in [6.45, 7) is 11.2. The Morgan fingerprint density at radius 1 is 1.14 bits per heavy atom. The van der Waals surface area contributed by atoms with Gasteiger partial charge in [0, 0.05) is 0 Å². The van der Waals surface area contributed by atoms with Gasteiger partial charge in [-0.05, 0) is 37.0 Å². The smallest absolute Gasteiger partial charge is 0.0909 e. The molecule has 1 saturated carbocycles. The monoisotopic (exact) mass is 196 g/mol. The molecule has 1 aliphatic carbocycles. The van der Waals surface area contributed by atoms with E-state index in [-0.39, 0.29) is 0 Å². The van der Waals surface area contributed by atoms with Gasteiger partial charge in [0.2, 0.25) is 0 Å². The van der Waals surface area contributed by atoms with Crippen LogP contribution in [0.3, 0.4) is 0 Å². The summed E-state index contributed by atoms with van der Waals surface area (Å²) in [6.07, 6.45) is 3.63. The normalized spacial score (nSPS) is 27.6. The summed E-state index contributed by atoms with van der Waals surface area (Å²) in [5.41, 5.74) is 6.47. The van der Waals surface area contributed by atoms with Gasteiger partial charge in [0.05, 0.1) is 11.9 Å². The van der Waals surface area contributed by atoms with Gasteiger partial charge in [0.15, 0.2) is 0 Å². The van der Waals surface area contributed by atoms with E-state index in [0.29, 0.717) is 16.9 Å². The molecule has 0 bridgehead atoms. The molecule has 1 fully saturated rings. The van der Waals surface area contributed by atoms with Crippen LogP contribution in [0.2, 0.25) is 0 Å². The van der Waals surface area contributed by atoms with Crippen molar-refractivity contribution in [2.75, 3.05) is 0 Å². The van der Waals surface area contributed by atoms with Crippen LogP contribution in [0.15, 0.2) is 4.99 Å². The van der Waals surface area contributed by atoms with Gasteiger partial charge < -0.3 is 5.73 Å². The maximum atomic E-state index is 5.65. The summed E-state index contributed by atoms with van der Waals surface area (Å²) >= 11 is 0. The third-order valence-corrected chi connectivity index (χ3v) is 2.92. The number of rotatable bonds is 1. The topological polar surface area (TPSA) is 38.4 Å². The first kappa shape index (κ1) is 11.5. The van der Waals surface area contributed by atoms with E-state index in [1.165, 1.54) is 19.3 Å². The Balaban J connectivity index is 2.77. The highest BCUT2D eigenvalue weighted by atomic mass is 14.9. The van der Waals surface area contributed by atoms with Gasteiger partial charge in [0.25, 0.3) is 0 Å². The number of nitrogens with zero attached hydrogens (tertiary/aromatic N) is 1. The molecule has 2 nitrogen and oxygen atoms in total. The number of amidine groups is 1. The molecule has 14 heavy (non-hydrogen) atoms. The zero-order chi connectivity index (χ0) is 11.0. The van der Waals surface area contributed by atoms with E-state index in [4.69, 9.17) is 5.73 Å². The second-order valence-corrected chi connectivity index (χ2v) is 6.34. The fourth-order valence-electron chi connectivity index (χ4n) is 3.17. The van der Waals surface area contributed by atoms with E-state index in [1.807, 2.05) is 6.92 Å². The summed E-state index contributed by atoms with van der Waals surface area (Å²) in [4.78, 5) is 4.52. The zero-order valence-corrected chi connectivity index (χ0v) is 10.2. The van der Waals surface area contributed by atoms with E-state index in [2.05, 4.69) is 32.7 Å². The highest BCUT2D eigenvalue weighted by Crippen LogP contribution is 2.46. The predicted octanol–water partition coefficient (Wildman–Crippen LogP) is 2.97. The molecule has 0 aliphatic heterocycles. The minimum atomic E-state index is 0.408. The first-order chi connectivity index (χ1) is 6.20. The lowest BCUT2D eigenvalue weighted by atomic mass is 9.64. The molecule has 0 aromatic carbocycles. The van der Waals surface area contributed by atoms with Crippen molar-refractivity contribution in [3.8, 4) is 0 Å². The van der Waals surface area contributed by atoms with Gasteiger partial charge in [-0.25, -0.2) is 0 Å². The molecular formula is C12H24N2. The van der Waals surface area contributed by atoms with Crippen molar-refractivity contribution in [3.05, 3.63) is 0 Å². The maximum Gasteiger partial charge on any atom is 0.0909 e. The van der Waals surface area contributed by atoms with Crippen molar-refractivity contribution < 1.29 is 0 Å². The van der Waals surface area contributed by atoms with Crippen molar-refractivity contribution in [3.63, 3.8) is 0 Å². The Bertz CT molecular complexity index is 219. The first-order valence-electron chi connectivity index (χ1n) is 5.50. The second kappa shape index (κ2) is 3.56. The molecule has 0 spiro atoms. The quantitative estimate of drug-likeness (QED) is 0.508. The average molecular weight is 196 g/mol. The Morgan fingerprint density at radius 3 is 1.93 bits per heavy atom. The van der Waals surface area contributed by atoms with Crippen molar-refractivity contribution in [2.45, 2.75) is 59.9 Å². The number of hydrogen-bond donors (Lipinski definition) is 1. The van der Waals surface area contributed by atoms with Crippen LogP contribution >= 0.6 is 0 Å². The van der Waals surface area contributed by atoms with Crippen molar-refractivity contribution >= 4 is 5.84 Å². The maximum absolute atomic E-state index is 5.65. The molecule has 1 rings (SSSR count). The predicted molar refractivity (Wildman–Crippen MR) is 62.5 cm³/mol. The molecule has 0 aromatic rings. The summed E-state index contributed by atoms with van der Waals surface area (Å²) in [6, 6.07) is 0.429. The summed E-state index contributed by atoms with van der Waals surface area (Å²) < 4.78 is 0. The number of nitrogens with two attached hydrogens (primary N) is 1. The van der Waals surface area contributed by atoms with Gasteiger partial charge in [-0.3, -0.25) is 4.99 Å². The second-order valence-electron chi connectivity index (χ2n) is 6.34. The Hall–Kier alpha value is -0.530. The lowest BCUT2D eigenvalue weighted by molar-refractivity contribution is 0.0997. The van der Waals surface area contributed by atoms with Crippen molar-refractivity contribution in [1.82, 2.24) is 0 Å². The SMILES string of the molecule is CC(N)=NC1CC(C)(C)CC(C)(C)C1. The Morgan fingerprint density at radius 2 is 1.57 bits per heavy atom. The highest BCUT2D eigenvalue weighted by molar-refractivity contribution is 5.77. The molecule has 2 heteroatoms. The molecular weight excluding hydrogens is 172 g/mol. The van der Waals surface area contributed by atoms with E-state index >= 15 is 0 Å². The molecule has 1 aliphatic rings. The molecule has 82 valence electrons. The number of hydrogen-bond acceptors (Lipinski definition) is 1. The van der Waals surface area contributed by atoms with Crippen LogP contribution in [0, 0.1) is 10.8 Å². The third kappa shape index (κ3) is 3.32. The Kier molecular flexibility index (Phi) is 2.93. The molecule has 0 saturated heterocycles. The molecule has 0 amide bonds. The summed E-state index contributed by atoms with van der Waals surface area (Å²) in [5.74, 6) is 0.725. The standard InChI is InChI=1S/C12H24N2/c1-9(13)14-10-6-11(2,3)8-12(4,5)7-10/h10H,6-8H2,1-5H3,(H2,13,14). The molecule has 0 atom stereocenters. The van der Waals surface area contributed by atoms with Crippen molar-refractivity contribution in [1.29, 1.82) is 0 Å². The molecule has 0 radical (unpaired) electrons. The van der Waals surface area contributed by atoms with Gasteiger partial charge in [0.1, 0.15) is 0 Å². The van der Waals surface area contributed by atoms with Crippen LogP contribution in [0.1, 0.15) is 53.9 Å². The van der Waals surface area contributed by atoms with E-state index in [9.17, 15) is 0 Å². The van der Waals surface area contributed by atoms with Crippen LogP contribution < -0.4 is 5.73 Å². The fourth-order valence-corrected chi connectivity index (χ4v) is 3.17. The minimum absolute atomic E-state index is 0.408. The molecule has 0 unspecified atom stereocenters. The van der Waals surface area contributed by atoms with Gasteiger partial charge in [-0.15, -0.1) is 0 Å². The lowest BCUT2D eigenvalue weighted by Crippen LogP contribution is -2.36. The largest absolute Gasteiger partial charge is 0.388 e. The van der Waals surface area contributed by atoms with Gasteiger partial charge >= 0.3 is 0 Å². The van der Waals surface area contributed by atoms with Crippen LogP contribution in [0.5, 0.6) is 0 Å². The highest BCUT2D eigenvalue weighted by Gasteiger charge is 2.38. The summed E-state index contributed by atoms with van der Waals surface area (Å²) in [5, 5.41) is 0. The van der Waals surface area contributed by atoms with Gasteiger partial charge in [-0.1, -0.05) is 27.7 Å². The minimum Gasteiger partial charge on any atom is -0.388 e. The molecule has 2 N–H and O–H groups in total. The van der Waals surface area contributed by atoms with Gasteiger partial charge in [-0.2, -0.15) is 0 Å². The van der Waals surface area contributed by atoms with E-state index in [0.717, 1.165) is 5.84 Å². The average Bonchev–Trinajstić information content (AvgIpc) is 1.74. The van der Waals surface area contributed by atoms with Crippen LogP contribution in [0.25, 0.3) is 0 Å². The van der Waals surface area contributed by atoms with Crippen molar-refractivity contribution in [2.24, 2.45) is 21.6 Å². The third-order valence-electron chi connectivity index (χ3n) is 2.92. The number of aliphatic imine (C=N–C) groups is 1.